The van der Waals surface area contributed by atoms with Crippen LogP contribution in [0.15, 0.2) is 12.1 Å². The molecule has 4 heteroatoms. The fourth-order valence-electron chi connectivity index (χ4n) is 2.43. The van der Waals surface area contributed by atoms with Crippen molar-refractivity contribution in [3.05, 3.63) is 21.9 Å². The number of hydrogen-bond acceptors (Lipinski definition) is 4. The van der Waals surface area contributed by atoms with E-state index in [0.717, 1.165) is 19.6 Å². The molecule has 114 valence electrons. The van der Waals surface area contributed by atoms with Crippen molar-refractivity contribution in [1.82, 2.24) is 10.2 Å². The van der Waals surface area contributed by atoms with Gasteiger partial charge in [0.1, 0.15) is 0 Å². The van der Waals surface area contributed by atoms with Crippen LogP contribution in [0.3, 0.4) is 0 Å². The summed E-state index contributed by atoms with van der Waals surface area (Å²) in [6.45, 7) is 12.7. The quantitative estimate of drug-likeness (QED) is 0.800. The van der Waals surface area contributed by atoms with Crippen LogP contribution in [0.4, 0.5) is 0 Å². The van der Waals surface area contributed by atoms with Gasteiger partial charge in [0.2, 0.25) is 0 Å². The van der Waals surface area contributed by atoms with Crippen LogP contribution in [-0.2, 0) is 13.1 Å². The van der Waals surface area contributed by atoms with Crippen molar-refractivity contribution in [3.8, 4) is 0 Å². The van der Waals surface area contributed by atoms with Gasteiger partial charge in [-0.3, -0.25) is 4.90 Å². The Labute approximate surface area is 132 Å². The third-order valence-corrected chi connectivity index (χ3v) is 6.20. The number of thioether (sulfide) groups is 1. The summed E-state index contributed by atoms with van der Waals surface area (Å²) in [4.78, 5) is 5.61. The summed E-state index contributed by atoms with van der Waals surface area (Å²) in [5, 5.41) is 3.48. The number of hydrogen-bond donors (Lipinski definition) is 1. The van der Waals surface area contributed by atoms with Crippen LogP contribution < -0.4 is 5.32 Å². The zero-order valence-electron chi connectivity index (χ0n) is 13.1. The van der Waals surface area contributed by atoms with Crippen LogP contribution in [0.1, 0.15) is 43.4 Å². The molecular weight excluding hydrogens is 284 g/mol. The van der Waals surface area contributed by atoms with E-state index in [0.29, 0.717) is 4.75 Å². The first-order chi connectivity index (χ1) is 9.59. The van der Waals surface area contributed by atoms with Crippen molar-refractivity contribution >= 4 is 23.1 Å². The smallest absolute Gasteiger partial charge is 0.0328 e. The van der Waals surface area contributed by atoms with Gasteiger partial charge >= 0.3 is 0 Å². The molecule has 1 aliphatic heterocycles. The summed E-state index contributed by atoms with van der Waals surface area (Å²) in [5.74, 6) is 1.27. The Bertz CT molecular complexity index is 401. The van der Waals surface area contributed by atoms with Crippen molar-refractivity contribution in [1.29, 1.82) is 0 Å². The first-order valence-electron chi connectivity index (χ1n) is 7.74. The zero-order chi connectivity index (χ0) is 14.4. The summed E-state index contributed by atoms with van der Waals surface area (Å²) >= 11 is 4.10. The summed E-state index contributed by atoms with van der Waals surface area (Å²) in [5.41, 5.74) is 0. The summed E-state index contributed by atoms with van der Waals surface area (Å²) in [7, 11) is 0. The zero-order valence-corrected chi connectivity index (χ0v) is 14.7. The molecule has 2 rings (SSSR count). The highest BCUT2D eigenvalue weighted by Gasteiger charge is 2.23. The first kappa shape index (κ1) is 16.3. The Hall–Kier alpha value is -0.0300. The van der Waals surface area contributed by atoms with Crippen LogP contribution in [-0.4, -0.2) is 35.0 Å². The van der Waals surface area contributed by atoms with Gasteiger partial charge in [0, 0.05) is 39.9 Å². The molecule has 1 aromatic heterocycles. The van der Waals surface area contributed by atoms with Crippen molar-refractivity contribution < 1.29 is 0 Å². The molecule has 20 heavy (non-hydrogen) atoms. The van der Waals surface area contributed by atoms with Crippen LogP contribution in [0.5, 0.6) is 0 Å². The molecular formula is C16H28N2S2. The third kappa shape index (κ3) is 5.40. The van der Waals surface area contributed by atoms with E-state index >= 15 is 0 Å². The summed E-state index contributed by atoms with van der Waals surface area (Å²) in [6, 6.07) is 4.61. The molecule has 0 radical (unpaired) electrons. The SMILES string of the molecule is CCCNCc1ccc(CN2CCSC(C)(C)CC2)s1. The van der Waals surface area contributed by atoms with Crippen molar-refractivity contribution in [2.24, 2.45) is 0 Å². The molecule has 1 aliphatic rings. The lowest BCUT2D eigenvalue weighted by Gasteiger charge is -2.22. The Kier molecular flexibility index (Phi) is 6.40. The van der Waals surface area contributed by atoms with Gasteiger partial charge in [0.05, 0.1) is 0 Å². The third-order valence-electron chi connectivity index (χ3n) is 3.75. The van der Waals surface area contributed by atoms with Gasteiger partial charge in [-0.25, -0.2) is 0 Å². The van der Waals surface area contributed by atoms with E-state index in [1.807, 2.05) is 11.3 Å². The maximum absolute atomic E-state index is 3.48. The molecule has 0 saturated carbocycles. The van der Waals surface area contributed by atoms with E-state index in [1.54, 1.807) is 0 Å². The molecule has 1 saturated heterocycles. The second-order valence-electron chi connectivity index (χ2n) is 6.18. The number of nitrogens with one attached hydrogen (secondary N) is 1. The number of rotatable bonds is 6. The average Bonchev–Trinajstić information content (AvgIpc) is 2.76. The second-order valence-corrected chi connectivity index (χ2v) is 9.23. The van der Waals surface area contributed by atoms with Crippen molar-refractivity contribution in [2.75, 3.05) is 25.4 Å². The van der Waals surface area contributed by atoms with Gasteiger partial charge in [-0.15, -0.1) is 11.3 Å². The summed E-state index contributed by atoms with van der Waals surface area (Å²) in [6.07, 6.45) is 2.51. The predicted molar refractivity (Wildman–Crippen MR) is 92.7 cm³/mol. The topological polar surface area (TPSA) is 15.3 Å². The maximum Gasteiger partial charge on any atom is 0.0328 e. The van der Waals surface area contributed by atoms with E-state index < -0.39 is 0 Å². The highest BCUT2D eigenvalue weighted by Crippen LogP contribution is 2.31. The number of nitrogens with zero attached hydrogens (tertiary/aromatic N) is 1. The van der Waals surface area contributed by atoms with Gasteiger partial charge < -0.3 is 5.32 Å². The lowest BCUT2D eigenvalue weighted by molar-refractivity contribution is 0.278. The van der Waals surface area contributed by atoms with Gasteiger partial charge in [-0.05, 0) is 38.1 Å². The van der Waals surface area contributed by atoms with E-state index in [4.69, 9.17) is 0 Å². The predicted octanol–water partition coefficient (Wildman–Crippen LogP) is 3.97. The van der Waals surface area contributed by atoms with E-state index in [9.17, 15) is 0 Å². The van der Waals surface area contributed by atoms with E-state index in [1.165, 1.54) is 41.4 Å². The van der Waals surface area contributed by atoms with Crippen molar-refractivity contribution in [2.45, 2.75) is 51.4 Å². The molecule has 0 aromatic carbocycles. The van der Waals surface area contributed by atoms with Crippen LogP contribution in [0, 0.1) is 0 Å². The number of thiophene rings is 1. The van der Waals surface area contributed by atoms with E-state index in [2.05, 4.69) is 54.9 Å². The largest absolute Gasteiger partial charge is 0.312 e. The molecule has 0 atom stereocenters. The van der Waals surface area contributed by atoms with Crippen molar-refractivity contribution in [3.63, 3.8) is 0 Å². The average molecular weight is 313 g/mol. The van der Waals surface area contributed by atoms with Gasteiger partial charge in [-0.1, -0.05) is 20.8 Å². The maximum atomic E-state index is 3.48. The van der Waals surface area contributed by atoms with Crippen LogP contribution in [0.2, 0.25) is 0 Å². The lowest BCUT2D eigenvalue weighted by atomic mass is 10.1. The minimum atomic E-state index is 0.458. The van der Waals surface area contributed by atoms with Gasteiger partial charge in [0.15, 0.2) is 0 Å². The molecule has 0 bridgehead atoms. The lowest BCUT2D eigenvalue weighted by Crippen LogP contribution is -2.26. The fourth-order valence-corrected chi connectivity index (χ4v) is 4.60. The molecule has 0 amide bonds. The summed E-state index contributed by atoms with van der Waals surface area (Å²) < 4.78 is 0.458. The second kappa shape index (κ2) is 7.83. The van der Waals surface area contributed by atoms with Crippen LogP contribution in [0.25, 0.3) is 0 Å². The molecule has 2 nitrogen and oxygen atoms in total. The standard InChI is InChI=1S/C16H28N2S2/c1-4-8-17-12-14-5-6-15(20-14)13-18-9-7-16(2,3)19-11-10-18/h5-6,17H,4,7-13H2,1-3H3. The van der Waals surface area contributed by atoms with Crippen LogP contribution >= 0.6 is 23.1 Å². The molecule has 2 heterocycles. The normalized spacial score (nSPS) is 19.9. The Morgan fingerprint density at radius 2 is 2.05 bits per heavy atom. The van der Waals surface area contributed by atoms with Gasteiger partial charge in [0.25, 0.3) is 0 Å². The first-order valence-corrected chi connectivity index (χ1v) is 9.54. The highest BCUT2D eigenvalue weighted by molar-refractivity contribution is 8.00. The molecule has 1 fully saturated rings. The fraction of sp³-hybridized carbons (Fsp3) is 0.750. The molecule has 1 aromatic rings. The molecule has 0 aliphatic carbocycles. The van der Waals surface area contributed by atoms with E-state index in [-0.39, 0.29) is 0 Å². The molecule has 1 N–H and O–H groups in total. The monoisotopic (exact) mass is 312 g/mol. The molecule has 0 spiro atoms. The Morgan fingerprint density at radius 1 is 1.25 bits per heavy atom. The minimum Gasteiger partial charge on any atom is -0.312 e. The highest BCUT2D eigenvalue weighted by atomic mass is 32.2. The Balaban J connectivity index is 1.81. The van der Waals surface area contributed by atoms with Gasteiger partial charge in [-0.2, -0.15) is 11.8 Å². The molecule has 0 unspecified atom stereocenters. The minimum absolute atomic E-state index is 0.458. The Morgan fingerprint density at radius 3 is 2.85 bits per heavy atom.